The van der Waals surface area contributed by atoms with Crippen LogP contribution in [0, 0.1) is 13.8 Å². The van der Waals surface area contributed by atoms with Gasteiger partial charge in [-0.15, -0.1) is 21.5 Å². The molecule has 0 spiro atoms. The van der Waals surface area contributed by atoms with Gasteiger partial charge in [-0.3, -0.25) is 4.79 Å². The van der Waals surface area contributed by atoms with Gasteiger partial charge in [-0.1, -0.05) is 48.2 Å². The van der Waals surface area contributed by atoms with Crippen LogP contribution in [0.5, 0.6) is 0 Å². The molecule has 1 aromatic carbocycles. The first-order valence-electron chi connectivity index (χ1n) is 9.90. The van der Waals surface area contributed by atoms with E-state index in [1.54, 1.807) is 11.3 Å². The number of hydrogen-bond acceptors (Lipinski definition) is 5. The van der Waals surface area contributed by atoms with Crippen molar-refractivity contribution in [1.82, 2.24) is 19.7 Å². The van der Waals surface area contributed by atoms with Crippen molar-refractivity contribution in [1.29, 1.82) is 0 Å². The fraction of sp³-hybridized carbons (Fsp3) is 0.261. The molecule has 0 aliphatic rings. The Labute approximate surface area is 184 Å². The predicted octanol–water partition coefficient (Wildman–Crippen LogP) is 5.09. The van der Waals surface area contributed by atoms with Gasteiger partial charge >= 0.3 is 0 Å². The number of nitrogens with zero attached hydrogens (tertiary/aromatic N) is 3. The summed E-state index contributed by atoms with van der Waals surface area (Å²) in [7, 11) is 0. The third-order valence-corrected chi connectivity index (χ3v) is 6.80. The Hall–Kier alpha value is -2.64. The second kappa shape index (κ2) is 9.45. The zero-order valence-electron chi connectivity index (χ0n) is 17.1. The molecule has 3 heterocycles. The van der Waals surface area contributed by atoms with Gasteiger partial charge in [0.05, 0.1) is 5.75 Å². The highest BCUT2D eigenvalue weighted by Gasteiger charge is 2.17. The maximum absolute atomic E-state index is 12.7. The Morgan fingerprint density at radius 2 is 1.97 bits per heavy atom. The van der Waals surface area contributed by atoms with Gasteiger partial charge in [0.15, 0.2) is 10.9 Å². The molecule has 4 rings (SSSR count). The molecule has 0 aliphatic heterocycles. The number of Topliss-reactive ketones (excluding diaryl/α,β-unsaturated/α-hetero) is 1. The highest BCUT2D eigenvalue weighted by Crippen LogP contribution is 2.23. The van der Waals surface area contributed by atoms with Gasteiger partial charge in [0.2, 0.25) is 0 Å². The largest absolute Gasteiger partial charge is 0.362 e. The lowest BCUT2D eigenvalue weighted by Crippen LogP contribution is -2.10. The minimum absolute atomic E-state index is 0.110. The number of thiophene rings is 1. The molecule has 3 aromatic heterocycles. The minimum Gasteiger partial charge on any atom is -0.362 e. The van der Waals surface area contributed by atoms with Gasteiger partial charge in [0, 0.05) is 34.8 Å². The van der Waals surface area contributed by atoms with E-state index in [0.717, 1.165) is 47.3 Å². The fourth-order valence-corrected chi connectivity index (χ4v) is 5.03. The number of aromatic nitrogens is 4. The number of thioether (sulfide) groups is 1. The molecule has 0 amide bonds. The maximum atomic E-state index is 12.7. The number of rotatable bonds is 9. The van der Waals surface area contributed by atoms with E-state index in [9.17, 15) is 4.79 Å². The molecule has 5 nitrogen and oxygen atoms in total. The molecule has 0 atom stereocenters. The normalized spacial score (nSPS) is 11.1. The summed E-state index contributed by atoms with van der Waals surface area (Å²) in [5.74, 6) is 1.40. The van der Waals surface area contributed by atoms with Crippen LogP contribution in [0.4, 0.5) is 0 Å². The third kappa shape index (κ3) is 4.91. The molecular formula is C23H24N4OS2. The highest BCUT2D eigenvalue weighted by atomic mass is 32.2. The van der Waals surface area contributed by atoms with E-state index < -0.39 is 0 Å². The number of benzene rings is 1. The van der Waals surface area contributed by atoms with Gasteiger partial charge in [0.1, 0.15) is 5.82 Å². The quantitative estimate of drug-likeness (QED) is 0.293. The number of nitrogens with one attached hydrogen (secondary N) is 1. The van der Waals surface area contributed by atoms with E-state index in [2.05, 4.69) is 61.5 Å². The first-order chi connectivity index (χ1) is 14.6. The van der Waals surface area contributed by atoms with Crippen LogP contribution in [0.2, 0.25) is 0 Å². The number of H-pyrrole nitrogens is 1. The molecule has 0 saturated heterocycles. The number of carbonyl (C=O) groups is 1. The predicted molar refractivity (Wildman–Crippen MR) is 123 cm³/mol. The van der Waals surface area contributed by atoms with E-state index in [1.807, 2.05) is 26.0 Å². The van der Waals surface area contributed by atoms with Crippen molar-refractivity contribution in [3.05, 3.63) is 87.1 Å². The van der Waals surface area contributed by atoms with E-state index in [4.69, 9.17) is 0 Å². The van der Waals surface area contributed by atoms with E-state index in [0.29, 0.717) is 5.75 Å². The molecular weight excluding hydrogens is 412 g/mol. The average Bonchev–Trinajstić information content (AvgIpc) is 3.47. The van der Waals surface area contributed by atoms with E-state index in [-0.39, 0.29) is 5.78 Å². The Balaban J connectivity index is 1.51. The minimum atomic E-state index is 0.110. The van der Waals surface area contributed by atoms with E-state index >= 15 is 0 Å². The van der Waals surface area contributed by atoms with Crippen molar-refractivity contribution < 1.29 is 4.79 Å². The van der Waals surface area contributed by atoms with Crippen molar-refractivity contribution in [2.75, 3.05) is 5.75 Å². The molecule has 0 aliphatic carbocycles. The van der Waals surface area contributed by atoms with Gasteiger partial charge in [-0.05, 0) is 43.3 Å². The third-order valence-electron chi connectivity index (χ3n) is 4.96. The second-order valence-electron chi connectivity index (χ2n) is 7.25. The monoisotopic (exact) mass is 436 g/mol. The van der Waals surface area contributed by atoms with Crippen LogP contribution in [-0.4, -0.2) is 31.3 Å². The van der Waals surface area contributed by atoms with Gasteiger partial charge in [-0.2, -0.15) is 0 Å². The molecule has 0 saturated carbocycles. The summed E-state index contributed by atoms with van der Waals surface area (Å²) in [6, 6.07) is 16.5. The maximum Gasteiger partial charge on any atom is 0.191 e. The Morgan fingerprint density at radius 3 is 2.67 bits per heavy atom. The summed E-state index contributed by atoms with van der Waals surface area (Å²) < 4.78 is 2.17. The van der Waals surface area contributed by atoms with E-state index in [1.165, 1.54) is 22.2 Å². The standard InChI is InChI=1S/C23H24N4OS2/c1-16-13-20(17(2)24-16)21(28)15-30-23-26-25-22(14-19-9-6-12-29-19)27(23)11-10-18-7-4-3-5-8-18/h3-9,12-13,24H,10-11,14-15H2,1-2H3. The van der Waals surface area contributed by atoms with Crippen molar-refractivity contribution in [3.8, 4) is 0 Å². The number of hydrogen-bond donors (Lipinski definition) is 1. The molecule has 1 N–H and O–H groups in total. The summed E-state index contributed by atoms with van der Waals surface area (Å²) in [5, 5.41) is 11.8. The molecule has 4 aromatic rings. The van der Waals surface area contributed by atoms with Crippen molar-refractivity contribution >= 4 is 28.9 Å². The van der Waals surface area contributed by atoms with Gasteiger partial charge in [0.25, 0.3) is 0 Å². The molecule has 0 fully saturated rings. The topological polar surface area (TPSA) is 63.6 Å². The molecule has 154 valence electrons. The lowest BCUT2D eigenvalue weighted by atomic mass is 10.1. The van der Waals surface area contributed by atoms with Crippen molar-refractivity contribution in [3.63, 3.8) is 0 Å². The number of carbonyl (C=O) groups excluding carboxylic acids is 1. The lowest BCUT2D eigenvalue weighted by molar-refractivity contribution is 0.102. The summed E-state index contributed by atoms with van der Waals surface area (Å²) >= 11 is 3.19. The van der Waals surface area contributed by atoms with Crippen molar-refractivity contribution in [2.45, 2.75) is 38.4 Å². The van der Waals surface area contributed by atoms with Crippen LogP contribution in [-0.2, 0) is 19.4 Å². The van der Waals surface area contributed by atoms with Crippen LogP contribution in [0.15, 0.2) is 59.1 Å². The first kappa shape index (κ1) is 20.6. The summed E-state index contributed by atoms with van der Waals surface area (Å²) in [4.78, 5) is 17.2. The highest BCUT2D eigenvalue weighted by molar-refractivity contribution is 7.99. The fourth-order valence-electron chi connectivity index (χ4n) is 3.46. The molecule has 7 heteroatoms. The number of ketones is 1. The number of aryl methyl sites for hydroxylation is 3. The molecule has 30 heavy (non-hydrogen) atoms. The number of aromatic amines is 1. The Kier molecular flexibility index (Phi) is 6.50. The van der Waals surface area contributed by atoms with Gasteiger partial charge in [-0.25, -0.2) is 0 Å². The summed E-state index contributed by atoms with van der Waals surface area (Å²) in [6.07, 6.45) is 1.65. The lowest BCUT2D eigenvalue weighted by Gasteiger charge is -2.10. The van der Waals surface area contributed by atoms with Crippen LogP contribution >= 0.6 is 23.1 Å². The van der Waals surface area contributed by atoms with Crippen LogP contribution in [0.1, 0.15) is 38.0 Å². The average molecular weight is 437 g/mol. The molecule has 0 radical (unpaired) electrons. The van der Waals surface area contributed by atoms with Crippen LogP contribution in [0.3, 0.4) is 0 Å². The zero-order valence-corrected chi connectivity index (χ0v) is 18.7. The smallest absolute Gasteiger partial charge is 0.191 e. The second-order valence-corrected chi connectivity index (χ2v) is 9.22. The Morgan fingerprint density at radius 1 is 1.13 bits per heavy atom. The summed E-state index contributed by atoms with van der Waals surface area (Å²) in [6.45, 7) is 4.69. The first-order valence-corrected chi connectivity index (χ1v) is 11.8. The zero-order chi connectivity index (χ0) is 20.9. The van der Waals surface area contributed by atoms with Gasteiger partial charge < -0.3 is 9.55 Å². The molecule has 0 bridgehead atoms. The van der Waals surface area contributed by atoms with Crippen molar-refractivity contribution in [2.24, 2.45) is 0 Å². The molecule has 0 unspecified atom stereocenters. The van der Waals surface area contributed by atoms with Crippen LogP contribution in [0.25, 0.3) is 0 Å². The SMILES string of the molecule is Cc1cc(C(=O)CSc2nnc(Cc3cccs3)n2CCc2ccccc2)c(C)[nH]1. The van der Waals surface area contributed by atoms with Crippen LogP contribution < -0.4 is 0 Å². The Bertz CT molecular complexity index is 1110. The summed E-state index contributed by atoms with van der Waals surface area (Å²) in [5.41, 5.74) is 3.96.